The van der Waals surface area contributed by atoms with E-state index in [1.165, 1.54) is 73.5 Å². The van der Waals surface area contributed by atoms with E-state index in [2.05, 4.69) is 93.5 Å². The summed E-state index contributed by atoms with van der Waals surface area (Å²) in [5, 5.41) is 0. The van der Waals surface area contributed by atoms with Crippen LogP contribution < -0.4 is 0 Å². The van der Waals surface area contributed by atoms with Crippen LogP contribution in [0.3, 0.4) is 0 Å². The van der Waals surface area contributed by atoms with Crippen molar-refractivity contribution < 1.29 is 13.5 Å². The van der Waals surface area contributed by atoms with Gasteiger partial charge >= 0.3 is 0 Å². The fourth-order valence-electron chi connectivity index (χ4n) is 5.46. The molecule has 0 spiro atoms. The molecule has 248 valence electrons. The Labute approximate surface area is 264 Å². The molecule has 0 radical (unpaired) electrons. The molecule has 0 aliphatic carbocycles. The summed E-state index contributed by atoms with van der Waals surface area (Å²) in [7, 11) is 0. The molecular weight excluding hydrogens is 540 g/mol. The number of ether oxygens (including phenoxy) is 1. The van der Waals surface area contributed by atoms with E-state index >= 15 is 0 Å². The average Bonchev–Trinajstić information content (AvgIpc) is 2.97. The smallest absolute Gasteiger partial charge is 0.242 e. The number of aryl methyl sites for hydroxylation is 2. The van der Waals surface area contributed by atoms with Crippen molar-refractivity contribution in [3.05, 3.63) is 58.3 Å². The molecule has 0 aromatic heterocycles. The first-order valence-electron chi connectivity index (χ1n) is 16.8. The first-order valence-corrected chi connectivity index (χ1v) is 16.8. The average molecular weight is 606 g/mol. The molecule has 3 fully saturated rings. The van der Waals surface area contributed by atoms with Gasteiger partial charge in [0.2, 0.25) is 5.92 Å². The van der Waals surface area contributed by atoms with Crippen LogP contribution in [0.4, 0.5) is 8.78 Å². The second-order valence-corrected chi connectivity index (χ2v) is 13.0. The van der Waals surface area contributed by atoms with E-state index in [9.17, 15) is 8.78 Å². The number of allylic oxidation sites excluding steroid dienone is 3. The van der Waals surface area contributed by atoms with Crippen molar-refractivity contribution >= 4 is 0 Å². The first-order chi connectivity index (χ1) is 20.3. The van der Waals surface area contributed by atoms with Gasteiger partial charge < -0.3 is 9.64 Å². The van der Waals surface area contributed by atoms with Crippen molar-refractivity contribution in [1.82, 2.24) is 14.7 Å². The Bertz CT molecular complexity index is 919. The van der Waals surface area contributed by atoms with Crippen LogP contribution in [0, 0.1) is 25.7 Å². The fraction of sp³-hybridized carbons (Fsp3) is 0.730. The molecule has 3 aliphatic rings. The van der Waals surface area contributed by atoms with E-state index in [-0.39, 0.29) is 0 Å². The van der Waals surface area contributed by atoms with Crippen LogP contribution in [0.1, 0.15) is 92.7 Å². The van der Waals surface area contributed by atoms with Crippen molar-refractivity contribution in [2.24, 2.45) is 11.8 Å². The van der Waals surface area contributed by atoms with Crippen molar-refractivity contribution in [1.29, 1.82) is 0 Å². The number of hydrogen-bond donors (Lipinski definition) is 0. The zero-order chi connectivity index (χ0) is 32.6. The molecule has 1 aromatic carbocycles. The van der Waals surface area contributed by atoms with Crippen LogP contribution in [0.5, 0.6) is 0 Å². The van der Waals surface area contributed by atoms with Gasteiger partial charge in [-0.3, -0.25) is 9.80 Å². The number of benzene rings is 1. The van der Waals surface area contributed by atoms with Gasteiger partial charge in [-0.2, -0.15) is 0 Å². The Morgan fingerprint density at radius 1 is 0.930 bits per heavy atom. The van der Waals surface area contributed by atoms with Crippen molar-refractivity contribution in [3.63, 3.8) is 0 Å². The molecule has 0 N–H and O–H groups in total. The number of piperidine rings is 1. The standard InChI is InChI=1S/C24H43N3O.C8H10.C3H6F2.C2H6/c1-6-20(4)24(15-21(5)19(2)3)27-10-9-26-17-22(7-8-23(26)18-27)16-25-11-13-28-14-12-25;1-7-3-5-8(2)6-4-7;1-3(2,4)5;1-2/h15,19,22-23H,6-14,16-18H2,1-5H3;3-6H,1-2H3;1-2H3;1-2H3/b21-15-,24-20?;;;. The molecule has 2 unspecified atom stereocenters. The summed E-state index contributed by atoms with van der Waals surface area (Å²) >= 11 is 0. The van der Waals surface area contributed by atoms with Gasteiger partial charge in [-0.05, 0) is 78.7 Å². The number of fused-ring (bicyclic) bond motifs is 1. The Morgan fingerprint density at radius 2 is 1.47 bits per heavy atom. The number of nitrogens with zero attached hydrogens (tertiary/aromatic N) is 3. The molecule has 0 amide bonds. The highest BCUT2D eigenvalue weighted by Crippen LogP contribution is 2.29. The summed E-state index contributed by atoms with van der Waals surface area (Å²) in [6.45, 7) is 31.7. The number of alkyl halides is 2. The largest absolute Gasteiger partial charge is 0.379 e. The minimum absolute atomic E-state index is 0.622. The van der Waals surface area contributed by atoms with E-state index in [4.69, 9.17) is 4.74 Å². The molecule has 6 heteroatoms. The molecule has 0 saturated carbocycles. The van der Waals surface area contributed by atoms with E-state index in [1.54, 1.807) is 0 Å². The molecule has 1 aromatic rings. The highest BCUT2D eigenvalue weighted by atomic mass is 19.3. The maximum atomic E-state index is 11.0. The number of piperazine rings is 1. The predicted molar refractivity (Wildman–Crippen MR) is 182 cm³/mol. The normalized spacial score (nSPS) is 22.2. The van der Waals surface area contributed by atoms with E-state index in [1.807, 2.05) is 13.8 Å². The summed E-state index contributed by atoms with van der Waals surface area (Å²) in [6, 6.07) is 9.22. The first kappa shape index (κ1) is 39.3. The molecule has 43 heavy (non-hydrogen) atoms. The SMILES string of the molecule is CC.CC(C)(F)F.CCC(C)=C(/C=C(/C)C(C)C)N1CCN2CC(CN3CCOCC3)CCC2C1.Cc1ccc(C)cc1. The van der Waals surface area contributed by atoms with Gasteiger partial charge in [0.15, 0.2) is 0 Å². The zero-order valence-electron chi connectivity index (χ0n) is 29.6. The van der Waals surface area contributed by atoms with Crippen LogP contribution >= 0.6 is 0 Å². The molecule has 3 saturated heterocycles. The van der Waals surface area contributed by atoms with E-state index in [0.717, 1.165) is 58.5 Å². The summed E-state index contributed by atoms with van der Waals surface area (Å²) in [5.74, 6) is -1.03. The Balaban J connectivity index is 0.000000507. The Hall–Kier alpha value is -1.76. The molecule has 4 nitrogen and oxygen atoms in total. The number of rotatable bonds is 6. The molecule has 3 heterocycles. The van der Waals surface area contributed by atoms with Crippen molar-refractivity contribution in [2.45, 2.75) is 107 Å². The minimum Gasteiger partial charge on any atom is -0.379 e. The van der Waals surface area contributed by atoms with Crippen LogP contribution in [0.2, 0.25) is 0 Å². The number of morpholine rings is 1. The molecule has 0 bridgehead atoms. The summed E-state index contributed by atoms with van der Waals surface area (Å²) < 4.78 is 27.6. The lowest BCUT2D eigenvalue weighted by Crippen LogP contribution is -2.57. The zero-order valence-corrected chi connectivity index (χ0v) is 29.6. The van der Waals surface area contributed by atoms with Gasteiger partial charge in [0.05, 0.1) is 13.2 Å². The maximum Gasteiger partial charge on any atom is 0.242 e. The number of halogens is 2. The third-order valence-electron chi connectivity index (χ3n) is 8.43. The molecule has 4 rings (SSSR count). The van der Waals surface area contributed by atoms with Crippen molar-refractivity contribution in [3.8, 4) is 0 Å². The quantitative estimate of drug-likeness (QED) is 0.301. The fourth-order valence-corrected chi connectivity index (χ4v) is 5.46. The highest BCUT2D eigenvalue weighted by Gasteiger charge is 2.34. The number of hydrogen-bond acceptors (Lipinski definition) is 4. The topological polar surface area (TPSA) is 19.0 Å². The molecule has 3 aliphatic heterocycles. The Kier molecular flexibility index (Phi) is 18.5. The van der Waals surface area contributed by atoms with Gasteiger partial charge in [-0.1, -0.05) is 81.2 Å². The van der Waals surface area contributed by atoms with Gasteiger partial charge in [0.1, 0.15) is 0 Å². The van der Waals surface area contributed by atoms with Gasteiger partial charge in [0, 0.05) is 57.6 Å². The minimum atomic E-state index is -2.50. The van der Waals surface area contributed by atoms with E-state index in [0.29, 0.717) is 5.92 Å². The monoisotopic (exact) mass is 606 g/mol. The van der Waals surface area contributed by atoms with Gasteiger partial charge in [-0.25, -0.2) is 8.78 Å². The third kappa shape index (κ3) is 16.2. The van der Waals surface area contributed by atoms with Gasteiger partial charge in [-0.15, -0.1) is 0 Å². The maximum absolute atomic E-state index is 11.0. The van der Waals surface area contributed by atoms with Crippen LogP contribution in [-0.4, -0.2) is 85.7 Å². The lowest BCUT2D eigenvalue weighted by Gasteiger charge is -2.48. The van der Waals surface area contributed by atoms with Crippen LogP contribution in [0.25, 0.3) is 0 Å². The second kappa shape index (κ2) is 20.3. The molecular formula is C37H65F2N3O. The lowest BCUT2D eigenvalue weighted by molar-refractivity contribution is 0.00401. The van der Waals surface area contributed by atoms with Crippen molar-refractivity contribution in [2.75, 3.05) is 59.0 Å². The Morgan fingerprint density at radius 3 is 1.95 bits per heavy atom. The lowest BCUT2D eigenvalue weighted by atomic mass is 9.90. The summed E-state index contributed by atoms with van der Waals surface area (Å²) in [6.07, 6.45) is 6.36. The molecule has 2 atom stereocenters. The van der Waals surface area contributed by atoms with Crippen LogP contribution in [0.15, 0.2) is 47.2 Å². The highest BCUT2D eigenvalue weighted by molar-refractivity contribution is 5.28. The van der Waals surface area contributed by atoms with Crippen LogP contribution in [-0.2, 0) is 4.74 Å². The van der Waals surface area contributed by atoms with Gasteiger partial charge in [0.25, 0.3) is 0 Å². The van der Waals surface area contributed by atoms with E-state index < -0.39 is 5.92 Å². The summed E-state index contributed by atoms with van der Waals surface area (Å²) in [4.78, 5) is 8.10. The predicted octanol–water partition coefficient (Wildman–Crippen LogP) is 8.99. The summed E-state index contributed by atoms with van der Waals surface area (Å²) in [5.41, 5.74) is 7.20. The second-order valence-electron chi connectivity index (χ2n) is 13.0. The third-order valence-corrected chi connectivity index (χ3v) is 8.43.